The Morgan fingerprint density at radius 2 is 2.14 bits per heavy atom. The predicted octanol–water partition coefficient (Wildman–Crippen LogP) is -0.776. The van der Waals surface area contributed by atoms with Crippen molar-refractivity contribution in [2.24, 2.45) is 11.5 Å². The minimum absolute atomic E-state index is 0.119. The molecule has 0 radical (unpaired) electrons. The summed E-state index contributed by atoms with van der Waals surface area (Å²) in [4.78, 5) is 23.6. The lowest BCUT2D eigenvalue weighted by atomic mass is 10.2. The quantitative estimate of drug-likeness (QED) is 0.550. The zero-order valence-corrected chi connectivity index (χ0v) is 8.40. The van der Waals surface area contributed by atoms with E-state index in [1.807, 2.05) is 6.92 Å². The fourth-order valence-electron chi connectivity index (χ4n) is 1.07. The molecule has 0 saturated heterocycles. The highest BCUT2D eigenvalue weighted by molar-refractivity contribution is 5.87. The molecule has 5 heteroatoms. The second-order valence-corrected chi connectivity index (χ2v) is 2.94. The lowest BCUT2D eigenvalue weighted by Gasteiger charge is -2.22. The van der Waals surface area contributed by atoms with E-state index in [4.69, 9.17) is 11.5 Å². The van der Waals surface area contributed by atoms with Crippen LogP contribution in [0.5, 0.6) is 0 Å². The highest BCUT2D eigenvalue weighted by Crippen LogP contribution is 1.97. The first-order valence-corrected chi connectivity index (χ1v) is 4.46. The largest absolute Gasteiger partial charge is 0.370 e. The van der Waals surface area contributed by atoms with Crippen molar-refractivity contribution >= 4 is 11.8 Å². The molecule has 0 aliphatic carbocycles. The second-order valence-electron chi connectivity index (χ2n) is 2.94. The van der Waals surface area contributed by atoms with Gasteiger partial charge in [0.15, 0.2) is 0 Å². The standard InChI is InChI=1S/C9H17N3O2/c1-3-5-12(4-2)9(14)7(10)6-8(11)13/h3,7H,1,4-6,10H2,2H3,(H2,11,13). The van der Waals surface area contributed by atoms with Crippen molar-refractivity contribution in [3.05, 3.63) is 12.7 Å². The van der Waals surface area contributed by atoms with Crippen LogP contribution in [0.25, 0.3) is 0 Å². The Morgan fingerprint density at radius 3 is 2.50 bits per heavy atom. The Bertz CT molecular complexity index is 228. The molecule has 2 amide bonds. The van der Waals surface area contributed by atoms with Crippen LogP contribution in [0.2, 0.25) is 0 Å². The van der Waals surface area contributed by atoms with Gasteiger partial charge in [0.05, 0.1) is 12.5 Å². The maximum atomic E-state index is 11.5. The van der Waals surface area contributed by atoms with Gasteiger partial charge in [-0.3, -0.25) is 9.59 Å². The second kappa shape index (κ2) is 6.15. The number of primary amides is 1. The molecule has 0 aliphatic heterocycles. The lowest BCUT2D eigenvalue weighted by molar-refractivity contribution is -0.134. The van der Waals surface area contributed by atoms with E-state index < -0.39 is 11.9 Å². The van der Waals surface area contributed by atoms with Gasteiger partial charge in [0.2, 0.25) is 11.8 Å². The molecule has 80 valence electrons. The summed E-state index contributed by atoms with van der Waals surface area (Å²) in [5, 5.41) is 0. The molecular weight excluding hydrogens is 182 g/mol. The summed E-state index contributed by atoms with van der Waals surface area (Å²) in [7, 11) is 0. The molecular formula is C9H17N3O2. The fraction of sp³-hybridized carbons (Fsp3) is 0.556. The average molecular weight is 199 g/mol. The number of hydrogen-bond acceptors (Lipinski definition) is 3. The maximum Gasteiger partial charge on any atom is 0.240 e. The Kier molecular flexibility index (Phi) is 5.55. The summed E-state index contributed by atoms with van der Waals surface area (Å²) < 4.78 is 0. The molecule has 1 unspecified atom stereocenters. The molecule has 14 heavy (non-hydrogen) atoms. The summed E-state index contributed by atoms with van der Waals surface area (Å²) in [5.74, 6) is -0.841. The van der Waals surface area contributed by atoms with E-state index in [9.17, 15) is 9.59 Å². The van der Waals surface area contributed by atoms with Crippen molar-refractivity contribution in [3.63, 3.8) is 0 Å². The molecule has 4 N–H and O–H groups in total. The van der Waals surface area contributed by atoms with E-state index in [1.165, 1.54) is 4.90 Å². The molecule has 0 heterocycles. The van der Waals surface area contributed by atoms with Gasteiger partial charge in [-0.25, -0.2) is 0 Å². The molecule has 0 aromatic rings. The Labute approximate surface area is 83.7 Å². The summed E-state index contributed by atoms with van der Waals surface area (Å²) >= 11 is 0. The normalized spacial score (nSPS) is 11.9. The summed E-state index contributed by atoms with van der Waals surface area (Å²) in [5.41, 5.74) is 10.4. The predicted molar refractivity (Wildman–Crippen MR) is 54.2 cm³/mol. The monoisotopic (exact) mass is 199 g/mol. The molecule has 0 spiro atoms. The van der Waals surface area contributed by atoms with E-state index in [-0.39, 0.29) is 12.3 Å². The topological polar surface area (TPSA) is 89.4 Å². The van der Waals surface area contributed by atoms with Gasteiger partial charge in [0, 0.05) is 13.1 Å². The smallest absolute Gasteiger partial charge is 0.240 e. The molecule has 0 aliphatic rings. The zero-order valence-electron chi connectivity index (χ0n) is 8.40. The molecule has 0 aromatic carbocycles. The van der Waals surface area contributed by atoms with Crippen molar-refractivity contribution in [2.45, 2.75) is 19.4 Å². The highest BCUT2D eigenvalue weighted by atomic mass is 16.2. The number of carbonyl (C=O) groups is 2. The number of amides is 2. The van der Waals surface area contributed by atoms with Gasteiger partial charge in [-0.2, -0.15) is 0 Å². The third-order valence-corrected chi connectivity index (χ3v) is 1.78. The van der Waals surface area contributed by atoms with Crippen molar-refractivity contribution < 1.29 is 9.59 Å². The fourth-order valence-corrected chi connectivity index (χ4v) is 1.07. The third-order valence-electron chi connectivity index (χ3n) is 1.78. The number of nitrogens with zero attached hydrogens (tertiary/aromatic N) is 1. The van der Waals surface area contributed by atoms with Crippen LogP contribution >= 0.6 is 0 Å². The van der Waals surface area contributed by atoms with Crippen LogP contribution < -0.4 is 11.5 Å². The molecule has 0 fully saturated rings. The molecule has 0 rings (SSSR count). The molecule has 0 bridgehead atoms. The van der Waals surface area contributed by atoms with Crippen LogP contribution in [0, 0.1) is 0 Å². The molecule has 0 saturated carbocycles. The minimum Gasteiger partial charge on any atom is -0.370 e. The number of nitrogens with two attached hydrogens (primary N) is 2. The van der Waals surface area contributed by atoms with Crippen molar-refractivity contribution in [1.82, 2.24) is 4.90 Å². The van der Waals surface area contributed by atoms with E-state index in [0.717, 1.165) is 0 Å². The van der Waals surface area contributed by atoms with Gasteiger partial charge in [0.1, 0.15) is 0 Å². The highest BCUT2D eigenvalue weighted by Gasteiger charge is 2.20. The maximum absolute atomic E-state index is 11.5. The van der Waals surface area contributed by atoms with Crippen LogP contribution in [0.15, 0.2) is 12.7 Å². The van der Waals surface area contributed by atoms with Crippen molar-refractivity contribution in [3.8, 4) is 0 Å². The van der Waals surface area contributed by atoms with Crippen LogP contribution in [0.3, 0.4) is 0 Å². The Hall–Kier alpha value is -1.36. The van der Waals surface area contributed by atoms with Crippen LogP contribution in [0.1, 0.15) is 13.3 Å². The van der Waals surface area contributed by atoms with Crippen LogP contribution in [-0.4, -0.2) is 35.8 Å². The summed E-state index contributed by atoms with van der Waals surface area (Å²) in [6.07, 6.45) is 1.49. The lowest BCUT2D eigenvalue weighted by Crippen LogP contribution is -2.45. The van der Waals surface area contributed by atoms with Gasteiger partial charge in [-0.15, -0.1) is 6.58 Å². The first-order chi connectivity index (χ1) is 6.52. The first-order valence-electron chi connectivity index (χ1n) is 4.46. The molecule has 5 nitrogen and oxygen atoms in total. The number of likely N-dealkylation sites (N-methyl/N-ethyl adjacent to an activating group) is 1. The Balaban J connectivity index is 4.25. The zero-order chi connectivity index (χ0) is 11.1. The molecule has 0 aromatic heterocycles. The SMILES string of the molecule is C=CCN(CC)C(=O)C(N)CC(N)=O. The molecule has 1 atom stereocenters. The van der Waals surface area contributed by atoms with E-state index in [2.05, 4.69) is 6.58 Å². The van der Waals surface area contributed by atoms with Gasteiger partial charge < -0.3 is 16.4 Å². The van der Waals surface area contributed by atoms with E-state index >= 15 is 0 Å². The first kappa shape index (κ1) is 12.6. The van der Waals surface area contributed by atoms with Gasteiger partial charge in [-0.05, 0) is 6.92 Å². The van der Waals surface area contributed by atoms with Gasteiger partial charge in [-0.1, -0.05) is 6.08 Å². The number of hydrogen-bond donors (Lipinski definition) is 2. The van der Waals surface area contributed by atoms with Gasteiger partial charge in [0.25, 0.3) is 0 Å². The summed E-state index contributed by atoms with van der Waals surface area (Å²) in [6, 6.07) is -0.840. The number of rotatable bonds is 6. The Morgan fingerprint density at radius 1 is 1.57 bits per heavy atom. The van der Waals surface area contributed by atoms with E-state index in [1.54, 1.807) is 6.08 Å². The average Bonchev–Trinajstić information content (AvgIpc) is 2.12. The third kappa shape index (κ3) is 4.04. The summed E-state index contributed by atoms with van der Waals surface area (Å²) in [6.45, 7) is 6.33. The van der Waals surface area contributed by atoms with Crippen molar-refractivity contribution in [1.29, 1.82) is 0 Å². The number of carbonyl (C=O) groups excluding carboxylic acids is 2. The van der Waals surface area contributed by atoms with Crippen molar-refractivity contribution in [2.75, 3.05) is 13.1 Å². The van der Waals surface area contributed by atoms with E-state index in [0.29, 0.717) is 13.1 Å². The van der Waals surface area contributed by atoms with Gasteiger partial charge >= 0.3 is 0 Å². The minimum atomic E-state index is -0.840. The van der Waals surface area contributed by atoms with Crippen LogP contribution in [-0.2, 0) is 9.59 Å². The van der Waals surface area contributed by atoms with Crippen LogP contribution in [0.4, 0.5) is 0 Å².